The topological polar surface area (TPSA) is 86.9 Å². The lowest BCUT2D eigenvalue weighted by Crippen LogP contribution is -2.27. The molecule has 5 rings (SSSR count). The van der Waals surface area contributed by atoms with Crippen LogP contribution in [0, 0.1) is 19.7 Å². The minimum absolute atomic E-state index is 0.167. The van der Waals surface area contributed by atoms with E-state index in [1.165, 1.54) is 12.1 Å². The summed E-state index contributed by atoms with van der Waals surface area (Å²) in [4.78, 5) is 32.0. The van der Waals surface area contributed by atoms with Gasteiger partial charge in [-0.1, -0.05) is 18.2 Å². The Kier molecular flexibility index (Phi) is 5.51. The lowest BCUT2D eigenvalue weighted by molar-refractivity contribution is 0.0698. The van der Waals surface area contributed by atoms with Gasteiger partial charge in [-0.15, -0.1) is 0 Å². The normalized spacial score (nSPS) is 13.7. The highest BCUT2D eigenvalue weighted by Crippen LogP contribution is 2.31. The predicted molar refractivity (Wildman–Crippen MR) is 133 cm³/mol. The molecule has 0 unspecified atom stereocenters. The van der Waals surface area contributed by atoms with Crippen LogP contribution in [0.1, 0.15) is 51.1 Å². The molecule has 2 aromatic carbocycles. The van der Waals surface area contributed by atoms with Gasteiger partial charge < -0.3 is 15.3 Å². The molecule has 1 aliphatic heterocycles. The molecule has 35 heavy (non-hydrogen) atoms. The SMILES string of the molecule is Cc1cc([C@H](C)Nc2ccccc2C(=O)O)c2nc(N3Cc4ccc(F)cc4C3)c(C)c(=O)n2c1. The molecule has 3 heterocycles. The van der Waals surface area contributed by atoms with Crippen LogP contribution >= 0.6 is 0 Å². The van der Waals surface area contributed by atoms with Gasteiger partial charge in [0.25, 0.3) is 5.56 Å². The number of para-hydroxylation sites is 1. The maximum atomic E-state index is 13.7. The standard InChI is InChI=1S/C27H25FN4O3/c1-15-10-22(17(3)29-23-7-5-4-6-21(23)27(34)35)25-30-24(16(2)26(33)32(25)12-15)31-13-18-8-9-20(28)11-19(18)14-31/h4-12,17,29H,13-14H2,1-3H3,(H,34,35)/t17-/m0/s1. The number of nitrogens with zero attached hydrogens (tertiary/aromatic N) is 3. The third kappa shape index (κ3) is 4.01. The number of carboxylic acid groups (broad SMARTS) is 1. The molecule has 0 radical (unpaired) electrons. The van der Waals surface area contributed by atoms with Crippen LogP contribution in [-0.2, 0) is 13.1 Å². The van der Waals surface area contributed by atoms with Gasteiger partial charge in [-0.25, -0.2) is 14.2 Å². The molecule has 0 fully saturated rings. The average molecular weight is 473 g/mol. The number of carbonyl (C=O) groups is 1. The molecule has 4 aromatic rings. The van der Waals surface area contributed by atoms with E-state index in [0.29, 0.717) is 35.8 Å². The molecule has 7 nitrogen and oxygen atoms in total. The zero-order valence-corrected chi connectivity index (χ0v) is 19.7. The molecule has 2 aromatic heterocycles. The number of benzene rings is 2. The average Bonchev–Trinajstić information content (AvgIpc) is 3.24. The van der Waals surface area contributed by atoms with Gasteiger partial charge in [0.05, 0.1) is 17.2 Å². The molecule has 0 aliphatic carbocycles. The van der Waals surface area contributed by atoms with E-state index < -0.39 is 5.97 Å². The largest absolute Gasteiger partial charge is 0.478 e. The number of hydrogen-bond donors (Lipinski definition) is 2. The number of rotatable bonds is 5. The van der Waals surface area contributed by atoms with Crippen molar-refractivity contribution in [3.63, 3.8) is 0 Å². The van der Waals surface area contributed by atoms with Gasteiger partial charge in [0, 0.05) is 30.5 Å². The highest BCUT2D eigenvalue weighted by atomic mass is 19.1. The maximum absolute atomic E-state index is 13.7. The first-order chi connectivity index (χ1) is 16.7. The second-order valence-corrected chi connectivity index (χ2v) is 9.02. The van der Waals surface area contributed by atoms with Crippen molar-refractivity contribution in [2.24, 2.45) is 0 Å². The second-order valence-electron chi connectivity index (χ2n) is 9.02. The smallest absolute Gasteiger partial charge is 0.337 e. The maximum Gasteiger partial charge on any atom is 0.337 e. The minimum Gasteiger partial charge on any atom is -0.478 e. The summed E-state index contributed by atoms with van der Waals surface area (Å²) in [6.45, 7) is 6.58. The highest BCUT2D eigenvalue weighted by molar-refractivity contribution is 5.94. The molecule has 0 saturated carbocycles. The van der Waals surface area contributed by atoms with E-state index in [1.54, 1.807) is 47.9 Å². The molecule has 0 amide bonds. The van der Waals surface area contributed by atoms with Crippen molar-refractivity contribution in [1.29, 1.82) is 0 Å². The number of halogens is 1. The monoisotopic (exact) mass is 472 g/mol. The molecule has 0 saturated heterocycles. The minimum atomic E-state index is -1.02. The second kappa shape index (κ2) is 8.54. The number of aryl methyl sites for hydroxylation is 1. The lowest BCUT2D eigenvalue weighted by atomic mass is 10.1. The van der Waals surface area contributed by atoms with Crippen molar-refractivity contribution in [1.82, 2.24) is 9.38 Å². The Labute approximate surface area is 201 Å². The number of anilines is 2. The van der Waals surface area contributed by atoms with Gasteiger partial charge in [-0.3, -0.25) is 9.20 Å². The van der Waals surface area contributed by atoms with Gasteiger partial charge in [0.2, 0.25) is 0 Å². The predicted octanol–water partition coefficient (Wildman–Crippen LogP) is 4.84. The molecular formula is C27H25FN4O3. The number of aromatic carboxylic acids is 1. The van der Waals surface area contributed by atoms with Crippen LogP contribution in [0.15, 0.2) is 59.5 Å². The summed E-state index contributed by atoms with van der Waals surface area (Å²) in [5, 5.41) is 12.8. The number of carboxylic acids is 1. The first-order valence-electron chi connectivity index (χ1n) is 11.4. The fraction of sp³-hybridized carbons (Fsp3) is 0.222. The Morgan fingerprint density at radius 3 is 2.63 bits per heavy atom. The Morgan fingerprint density at radius 2 is 1.86 bits per heavy atom. The summed E-state index contributed by atoms with van der Waals surface area (Å²) < 4.78 is 15.3. The number of aromatic nitrogens is 2. The number of nitrogens with one attached hydrogen (secondary N) is 1. The van der Waals surface area contributed by atoms with Crippen molar-refractivity contribution in [2.45, 2.75) is 39.9 Å². The molecule has 1 atom stereocenters. The third-order valence-corrected chi connectivity index (χ3v) is 6.48. The lowest BCUT2D eigenvalue weighted by Gasteiger charge is -2.23. The van der Waals surface area contributed by atoms with Crippen molar-refractivity contribution < 1.29 is 14.3 Å². The van der Waals surface area contributed by atoms with Gasteiger partial charge in [-0.05, 0) is 67.8 Å². The molecule has 0 spiro atoms. The van der Waals surface area contributed by atoms with Crippen LogP contribution in [0.25, 0.3) is 5.65 Å². The van der Waals surface area contributed by atoms with E-state index in [2.05, 4.69) is 5.32 Å². The Hall–Kier alpha value is -4.20. The van der Waals surface area contributed by atoms with Gasteiger partial charge in [-0.2, -0.15) is 0 Å². The summed E-state index contributed by atoms with van der Waals surface area (Å²) in [6.07, 6.45) is 1.76. The molecule has 8 heteroatoms. The number of hydrogen-bond acceptors (Lipinski definition) is 5. The van der Waals surface area contributed by atoms with E-state index in [0.717, 1.165) is 22.3 Å². The Morgan fingerprint density at radius 1 is 1.11 bits per heavy atom. The summed E-state index contributed by atoms with van der Waals surface area (Å²) >= 11 is 0. The first kappa shape index (κ1) is 22.6. The number of pyridine rings is 1. The van der Waals surface area contributed by atoms with E-state index in [-0.39, 0.29) is 23.0 Å². The first-order valence-corrected chi connectivity index (χ1v) is 11.4. The van der Waals surface area contributed by atoms with Crippen molar-refractivity contribution in [2.75, 3.05) is 10.2 Å². The van der Waals surface area contributed by atoms with Crippen LogP contribution in [0.2, 0.25) is 0 Å². The summed E-state index contributed by atoms with van der Waals surface area (Å²) in [5.41, 5.74) is 5.04. The van der Waals surface area contributed by atoms with Crippen LogP contribution in [0.4, 0.5) is 15.9 Å². The molecule has 0 bridgehead atoms. The van der Waals surface area contributed by atoms with Crippen LogP contribution in [-0.4, -0.2) is 20.5 Å². The summed E-state index contributed by atoms with van der Waals surface area (Å²) in [7, 11) is 0. The van der Waals surface area contributed by atoms with E-state index in [1.807, 2.05) is 24.8 Å². The number of fused-ring (bicyclic) bond motifs is 2. The highest BCUT2D eigenvalue weighted by Gasteiger charge is 2.25. The van der Waals surface area contributed by atoms with Crippen LogP contribution in [0.3, 0.4) is 0 Å². The van der Waals surface area contributed by atoms with Crippen LogP contribution in [0.5, 0.6) is 0 Å². The van der Waals surface area contributed by atoms with Gasteiger partial charge in [0.15, 0.2) is 0 Å². The quantitative estimate of drug-likeness (QED) is 0.432. The zero-order chi connectivity index (χ0) is 24.9. The fourth-order valence-corrected chi connectivity index (χ4v) is 4.73. The van der Waals surface area contributed by atoms with Gasteiger partial charge in [0.1, 0.15) is 17.3 Å². The Balaban J connectivity index is 1.60. The van der Waals surface area contributed by atoms with Crippen molar-refractivity contribution >= 4 is 23.1 Å². The zero-order valence-electron chi connectivity index (χ0n) is 19.7. The third-order valence-electron chi connectivity index (χ3n) is 6.48. The fourth-order valence-electron chi connectivity index (χ4n) is 4.73. The molecular weight excluding hydrogens is 447 g/mol. The molecule has 2 N–H and O–H groups in total. The molecule has 178 valence electrons. The van der Waals surface area contributed by atoms with E-state index in [4.69, 9.17) is 4.98 Å². The Bertz CT molecular complexity index is 1550. The molecule has 1 aliphatic rings. The van der Waals surface area contributed by atoms with Crippen LogP contribution < -0.4 is 15.8 Å². The van der Waals surface area contributed by atoms with E-state index in [9.17, 15) is 19.1 Å². The van der Waals surface area contributed by atoms with Crippen molar-refractivity contribution in [3.05, 3.63) is 104 Å². The van der Waals surface area contributed by atoms with E-state index >= 15 is 0 Å². The van der Waals surface area contributed by atoms with Gasteiger partial charge >= 0.3 is 5.97 Å². The summed E-state index contributed by atoms with van der Waals surface area (Å²) in [6, 6.07) is 13.1. The van der Waals surface area contributed by atoms with Crippen molar-refractivity contribution in [3.8, 4) is 0 Å². The summed E-state index contributed by atoms with van der Waals surface area (Å²) in [5.74, 6) is -0.741.